The molecule has 0 aliphatic heterocycles. The highest BCUT2D eigenvalue weighted by Crippen LogP contribution is 2.24. The Kier molecular flexibility index (Phi) is 4.53. The molecule has 2 rings (SSSR count). The van der Waals surface area contributed by atoms with Crippen LogP contribution < -0.4 is 10.5 Å². The summed E-state index contributed by atoms with van der Waals surface area (Å²) in [6.07, 6.45) is 3.07. The number of nitrogens with one attached hydrogen (secondary N) is 1. The van der Waals surface area contributed by atoms with E-state index in [9.17, 15) is 8.42 Å². The second-order valence-corrected chi connectivity index (χ2v) is 7.46. The van der Waals surface area contributed by atoms with Crippen molar-refractivity contribution in [3.05, 3.63) is 24.3 Å². The van der Waals surface area contributed by atoms with Crippen LogP contribution in [0.1, 0.15) is 19.3 Å². The van der Waals surface area contributed by atoms with Gasteiger partial charge < -0.3 is 5.73 Å². The average molecular weight is 286 g/mol. The molecule has 4 nitrogen and oxygen atoms in total. The smallest absolute Gasteiger partial charge is 0.212 e. The van der Waals surface area contributed by atoms with Gasteiger partial charge in [0.1, 0.15) is 0 Å². The molecule has 0 spiro atoms. The molecule has 0 atom stereocenters. The van der Waals surface area contributed by atoms with Crippen LogP contribution in [0.4, 0.5) is 5.69 Å². The highest BCUT2D eigenvalue weighted by atomic mass is 32.2. The molecular formula is C12H18N2O2S2. The molecule has 1 fully saturated rings. The first-order chi connectivity index (χ1) is 8.57. The van der Waals surface area contributed by atoms with Crippen LogP contribution in [-0.4, -0.2) is 26.0 Å². The minimum absolute atomic E-state index is 0.141. The number of hydrogen-bond acceptors (Lipinski definition) is 4. The molecule has 1 aliphatic rings. The SMILES string of the molecule is Nc1ccccc1SCCS(=O)(=O)NC1CCC1. The van der Waals surface area contributed by atoms with Gasteiger partial charge in [-0.15, -0.1) is 11.8 Å². The Bertz CT molecular complexity index is 499. The van der Waals surface area contributed by atoms with E-state index in [1.54, 1.807) is 0 Å². The van der Waals surface area contributed by atoms with Gasteiger partial charge in [0.05, 0.1) is 5.75 Å². The van der Waals surface area contributed by atoms with Crippen LogP contribution in [0.2, 0.25) is 0 Å². The average Bonchev–Trinajstić information content (AvgIpc) is 2.27. The number of rotatable bonds is 6. The largest absolute Gasteiger partial charge is 0.398 e. The van der Waals surface area contributed by atoms with Gasteiger partial charge in [-0.3, -0.25) is 0 Å². The van der Waals surface area contributed by atoms with Crippen molar-refractivity contribution in [3.8, 4) is 0 Å². The lowest BCUT2D eigenvalue weighted by Crippen LogP contribution is -2.40. The molecule has 0 unspecified atom stereocenters. The fourth-order valence-electron chi connectivity index (χ4n) is 1.71. The van der Waals surface area contributed by atoms with Crippen molar-refractivity contribution in [2.24, 2.45) is 0 Å². The molecule has 0 heterocycles. The number of anilines is 1. The van der Waals surface area contributed by atoms with Crippen molar-refractivity contribution >= 4 is 27.5 Å². The van der Waals surface area contributed by atoms with E-state index in [4.69, 9.17) is 5.73 Å². The third kappa shape index (κ3) is 3.90. The number of benzene rings is 1. The summed E-state index contributed by atoms with van der Waals surface area (Å²) in [4.78, 5) is 0.941. The Labute approximate surface area is 112 Å². The molecule has 0 amide bonds. The van der Waals surface area contributed by atoms with E-state index in [0.29, 0.717) is 11.4 Å². The van der Waals surface area contributed by atoms with E-state index in [1.807, 2.05) is 24.3 Å². The molecule has 0 bridgehead atoms. The van der Waals surface area contributed by atoms with E-state index in [0.717, 1.165) is 24.2 Å². The van der Waals surface area contributed by atoms with Crippen molar-refractivity contribution in [3.63, 3.8) is 0 Å². The first-order valence-electron chi connectivity index (χ1n) is 6.04. The fraction of sp³-hybridized carbons (Fsp3) is 0.500. The van der Waals surface area contributed by atoms with E-state index in [2.05, 4.69) is 4.72 Å². The quantitative estimate of drug-likeness (QED) is 0.618. The lowest BCUT2D eigenvalue weighted by atomic mass is 9.94. The van der Waals surface area contributed by atoms with Crippen molar-refractivity contribution < 1.29 is 8.42 Å². The lowest BCUT2D eigenvalue weighted by molar-refractivity contribution is 0.384. The molecule has 1 aromatic rings. The Morgan fingerprint density at radius 3 is 2.67 bits per heavy atom. The van der Waals surface area contributed by atoms with Gasteiger partial charge in [-0.25, -0.2) is 13.1 Å². The normalized spacial score (nSPS) is 16.4. The zero-order valence-electron chi connectivity index (χ0n) is 10.1. The molecule has 0 aromatic heterocycles. The number of nitrogen functional groups attached to an aromatic ring is 1. The molecule has 0 radical (unpaired) electrons. The van der Waals surface area contributed by atoms with Crippen LogP contribution in [0.25, 0.3) is 0 Å². The van der Waals surface area contributed by atoms with Crippen molar-refractivity contribution in [1.82, 2.24) is 4.72 Å². The van der Waals surface area contributed by atoms with Gasteiger partial charge in [-0.1, -0.05) is 18.6 Å². The van der Waals surface area contributed by atoms with Gasteiger partial charge in [-0.2, -0.15) is 0 Å². The fourth-order valence-corrected chi connectivity index (χ4v) is 4.41. The number of sulfonamides is 1. The standard InChI is InChI=1S/C12H18N2O2S2/c13-11-6-1-2-7-12(11)17-8-9-18(15,16)14-10-4-3-5-10/h1-2,6-7,10,14H,3-5,8-9,13H2. The van der Waals surface area contributed by atoms with Crippen molar-refractivity contribution in [1.29, 1.82) is 0 Å². The third-order valence-electron chi connectivity index (χ3n) is 2.98. The molecule has 18 heavy (non-hydrogen) atoms. The minimum atomic E-state index is -3.14. The summed E-state index contributed by atoms with van der Waals surface area (Å²) in [5, 5.41) is 0. The Morgan fingerprint density at radius 2 is 2.06 bits per heavy atom. The van der Waals surface area contributed by atoms with Crippen LogP contribution >= 0.6 is 11.8 Å². The van der Waals surface area contributed by atoms with E-state index >= 15 is 0 Å². The summed E-state index contributed by atoms with van der Waals surface area (Å²) < 4.78 is 26.2. The molecule has 6 heteroatoms. The van der Waals surface area contributed by atoms with Crippen LogP contribution in [0, 0.1) is 0 Å². The van der Waals surface area contributed by atoms with E-state index < -0.39 is 10.0 Å². The third-order valence-corrected chi connectivity index (χ3v) is 5.76. The zero-order chi connectivity index (χ0) is 13.0. The topological polar surface area (TPSA) is 72.2 Å². The first-order valence-corrected chi connectivity index (χ1v) is 8.68. The van der Waals surface area contributed by atoms with Gasteiger partial charge in [0, 0.05) is 22.4 Å². The second-order valence-electron chi connectivity index (χ2n) is 4.45. The predicted octanol–water partition coefficient (Wildman–Crippen LogP) is 1.83. The summed E-state index contributed by atoms with van der Waals surface area (Å²) >= 11 is 1.48. The Morgan fingerprint density at radius 1 is 1.33 bits per heavy atom. The van der Waals surface area contributed by atoms with E-state index in [-0.39, 0.29) is 11.8 Å². The Balaban J connectivity index is 1.79. The number of nitrogens with two attached hydrogens (primary N) is 1. The molecule has 100 valence electrons. The number of para-hydroxylation sites is 1. The molecular weight excluding hydrogens is 268 g/mol. The summed E-state index contributed by atoms with van der Waals surface area (Å²) in [6.45, 7) is 0. The molecule has 3 N–H and O–H groups in total. The minimum Gasteiger partial charge on any atom is -0.398 e. The van der Waals surface area contributed by atoms with Crippen LogP contribution in [-0.2, 0) is 10.0 Å². The van der Waals surface area contributed by atoms with E-state index in [1.165, 1.54) is 11.8 Å². The molecule has 0 saturated heterocycles. The first kappa shape index (κ1) is 13.7. The molecule has 1 aliphatic carbocycles. The maximum atomic E-state index is 11.8. The highest BCUT2D eigenvalue weighted by molar-refractivity contribution is 8.00. The van der Waals surface area contributed by atoms with Gasteiger partial charge in [-0.05, 0) is 25.0 Å². The highest BCUT2D eigenvalue weighted by Gasteiger charge is 2.22. The van der Waals surface area contributed by atoms with Crippen LogP contribution in [0.15, 0.2) is 29.2 Å². The maximum absolute atomic E-state index is 11.8. The summed E-state index contributed by atoms with van der Waals surface area (Å²) in [5.41, 5.74) is 6.50. The predicted molar refractivity (Wildman–Crippen MR) is 76.1 cm³/mol. The van der Waals surface area contributed by atoms with Crippen LogP contribution in [0.5, 0.6) is 0 Å². The van der Waals surface area contributed by atoms with Gasteiger partial charge in [0.2, 0.25) is 10.0 Å². The van der Waals surface area contributed by atoms with Crippen LogP contribution in [0.3, 0.4) is 0 Å². The maximum Gasteiger partial charge on any atom is 0.212 e. The van der Waals surface area contributed by atoms with Crippen molar-refractivity contribution in [2.75, 3.05) is 17.2 Å². The summed E-state index contributed by atoms with van der Waals surface area (Å²) in [7, 11) is -3.14. The zero-order valence-corrected chi connectivity index (χ0v) is 11.8. The monoisotopic (exact) mass is 286 g/mol. The van der Waals surface area contributed by atoms with Gasteiger partial charge >= 0.3 is 0 Å². The second kappa shape index (κ2) is 5.95. The number of thioether (sulfide) groups is 1. The number of hydrogen-bond donors (Lipinski definition) is 2. The molecule has 1 aromatic carbocycles. The van der Waals surface area contributed by atoms with Crippen molar-refractivity contribution in [2.45, 2.75) is 30.2 Å². The summed E-state index contributed by atoms with van der Waals surface area (Å²) in [5.74, 6) is 0.665. The molecule has 1 saturated carbocycles. The van der Waals surface area contributed by atoms with Gasteiger partial charge in [0.15, 0.2) is 0 Å². The van der Waals surface area contributed by atoms with Gasteiger partial charge in [0.25, 0.3) is 0 Å². The summed E-state index contributed by atoms with van der Waals surface area (Å²) in [6, 6.07) is 7.67. The lowest BCUT2D eigenvalue weighted by Gasteiger charge is -2.26. The Hall–Kier alpha value is -0.720.